The van der Waals surface area contributed by atoms with Gasteiger partial charge in [0.05, 0.1) is 12.7 Å². The summed E-state index contributed by atoms with van der Waals surface area (Å²) >= 11 is 0. The van der Waals surface area contributed by atoms with Crippen LogP contribution in [0.1, 0.15) is 0 Å². The Morgan fingerprint density at radius 1 is 1.13 bits per heavy atom. The van der Waals surface area contributed by atoms with E-state index in [9.17, 15) is 25.5 Å². The summed E-state index contributed by atoms with van der Waals surface area (Å²) < 4.78 is 10.6. The van der Waals surface area contributed by atoms with Crippen LogP contribution in [-0.2, 0) is 9.47 Å². The number of ether oxygens (including phenoxy) is 2. The minimum absolute atomic E-state index is 0.238. The van der Waals surface area contributed by atoms with Gasteiger partial charge in [-0.1, -0.05) is 12.2 Å². The number of allylic oxidation sites excluding steroid dienone is 1. The average molecular weight is 329 g/mol. The highest BCUT2D eigenvalue weighted by atomic mass is 16.7. The third-order valence-electron chi connectivity index (χ3n) is 3.83. The maximum atomic E-state index is 10.0. The smallest absolute Gasteiger partial charge is 0.187 e. The second-order valence-electron chi connectivity index (χ2n) is 5.37. The zero-order valence-corrected chi connectivity index (χ0v) is 12.0. The van der Waals surface area contributed by atoms with Gasteiger partial charge in [0.15, 0.2) is 6.29 Å². The van der Waals surface area contributed by atoms with Crippen molar-refractivity contribution in [2.45, 2.75) is 49.0 Å². The zero-order chi connectivity index (χ0) is 17.1. The summed E-state index contributed by atoms with van der Waals surface area (Å²) in [6, 6.07) is 1.77. The fraction of sp³-hybridized carbons (Fsp3) is 0.643. The van der Waals surface area contributed by atoms with Crippen molar-refractivity contribution in [3.8, 4) is 6.07 Å². The Kier molecular flexibility index (Phi) is 5.85. The molecule has 1 heterocycles. The second kappa shape index (κ2) is 7.48. The second-order valence-corrected chi connectivity index (χ2v) is 5.37. The average Bonchev–Trinajstić information content (AvgIpc) is 2.54. The van der Waals surface area contributed by atoms with Gasteiger partial charge in [-0.3, -0.25) is 0 Å². The Morgan fingerprint density at radius 2 is 1.83 bits per heavy atom. The van der Waals surface area contributed by atoms with E-state index < -0.39 is 55.6 Å². The number of nitriles is 1. The molecule has 0 bridgehead atoms. The van der Waals surface area contributed by atoms with Gasteiger partial charge in [0.25, 0.3) is 0 Å². The number of nitrogens with zero attached hydrogens (tertiary/aromatic N) is 1. The van der Waals surface area contributed by atoms with Gasteiger partial charge in [-0.15, -0.1) is 0 Å². The third-order valence-corrected chi connectivity index (χ3v) is 3.83. The van der Waals surface area contributed by atoms with Gasteiger partial charge in [0.1, 0.15) is 42.7 Å². The van der Waals surface area contributed by atoms with E-state index in [1.54, 1.807) is 6.07 Å². The monoisotopic (exact) mass is 329 g/mol. The molecule has 1 fully saturated rings. The molecule has 9 nitrogen and oxygen atoms in total. The number of hydrogen-bond acceptors (Lipinski definition) is 9. The Hall–Kier alpha value is -1.35. The number of aliphatic hydroxyl groups excluding tert-OH is 6. The maximum Gasteiger partial charge on any atom is 0.187 e. The van der Waals surface area contributed by atoms with E-state index in [-0.39, 0.29) is 5.57 Å². The van der Waals surface area contributed by atoms with E-state index in [1.807, 2.05) is 0 Å². The molecular formula is C14H19NO8. The van der Waals surface area contributed by atoms with Crippen molar-refractivity contribution in [3.63, 3.8) is 0 Å². The van der Waals surface area contributed by atoms with Crippen molar-refractivity contribution in [2.24, 2.45) is 0 Å². The maximum absolute atomic E-state index is 10.0. The highest BCUT2D eigenvalue weighted by Gasteiger charge is 2.46. The molecule has 0 spiro atoms. The summed E-state index contributed by atoms with van der Waals surface area (Å²) in [5, 5.41) is 66.9. The molecule has 1 aliphatic carbocycles. The summed E-state index contributed by atoms with van der Waals surface area (Å²) in [5.74, 6) is 0. The van der Waals surface area contributed by atoms with E-state index in [0.717, 1.165) is 6.08 Å². The summed E-state index contributed by atoms with van der Waals surface area (Å²) in [6.45, 7) is -0.624. The van der Waals surface area contributed by atoms with Crippen molar-refractivity contribution in [3.05, 3.63) is 23.8 Å². The van der Waals surface area contributed by atoms with Crippen LogP contribution in [0.4, 0.5) is 0 Å². The van der Waals surface area contributed by atoms with Crippen LogP contribution in [0.15, 0.2) is 23.8 Å². The first kappa shape index (κ1) is 18.0. The van der Waals surface area contributed by atoms with Crippen LogP contribution in [0.2, 0.25) is 0 Å². The standard InChI is InChI=1S/C14H19NO8/c15-4-3-6-1-2-7(17)9(18)13(6)23-14-12(21)11(20)10(19)8(5-16)22-14/h1-3,7-14,16-21H,5H2/b6-3-/t7-,8+,9-,10+,11-,12+,13-,14-/m0/s1. The first-order chi connectivity index (χ1) is 10.9. The molecule has 1 saturated heterocycles. The first-order valence-electron chi connectivity index (χ1n) is 7.00. The molecule has 0 aromatic rings. The predicted octanol–water partition coefficient (Wildman–Crippen LogP) is -3.09. The van der Waals surface area contributed by atoms with Gasteiger partial charge in [-0.25, -0.2) is 0 Å². The molecule has 0 radical (unpaired) electrons. The molecule has 2 aliphatic rings. The van der Waals surface area contributed by atoms with Crippen molar-refractivity contribution in [1.29, 1.82) is 5.26 Å². The van der Waals surface area contributed by atoms with Gasteiger partial charge in [0, 0.05) is 6.08 Å². The quantitative estimate of drug-likeness (QED) is 0.294. The SMILES string of the molecule is N#C/C=C1/C=C[C@H](O)[C@H](O)[C@H]1O[C@@H]1O[C@H](CO)[C@@H](O)[C@H](O)[C@H]1O. The van der Waals surface area contributed by atoms with Gasteiger partial charge in [-0.05, 0) is 5.57 Å². The van der Waals surface area contributed by atoms with Crippen molar-refractivity contribution in [1.82, 2.24) is 0 Å². The van der Waals surface area contributed by atoms with E-state index >= 15 is 0 Å². The van der Waals surface area contributed by atoms with E-state index in [2.05, 4.69) is 0 Å². The summed E-state index contributed by atoms with van der Waals surface area (Å²) in [6.07, 6.45) is -7.57. The zero-order valence-electron chi connectivity index (χ0n) is 12.0. The molecule has 6 N–H and O–H groups in total. The molecule has 0 unspecified atom stereocenters. The molecule has 1 aliphatic heterocycles. The molecule has 2 rings (SSSR count). The Balaban J connectivity index is 2.20. The Labute approximate surface area is 131 Å². The minimum atomic E-state index is -1.65. The molecule has 0 amide bonds. The molecule has 9 heteroatoms. The van der Waals surface area contributed by atoms with Gasteiger partial charge < -0.3 is 40.1 Å². The first-order valence-corrected chi connectivity index (χ1v) is 7.00. The molecular weight excluding hydrogens is 310 g/mol. The summed E-state index contributed by atoms with van der Waals surface area (Å²) in [4.78, 5) is 0. The molecule has 0 saturated carbocycles. The van der Waals surface area contributed by atoms with Crippen LogP contribution in [0, 0.1) is 11.3 Å². The highest BCUT2D eigenvalue weighted by molar-refractivity contribution is 5.34. The summed E-state index contributed by atoms with van der Waals surface area (Å²) in [5.41, 5.74) is 0.238. The fourth-order valence-electron chi connectivity index (χ4n) is 2.48. The van der Waals surface area contributed by atoms with Gasteiger partial charge in [-0.2, -0.15) is 5.26 Å². The lowest BCUT2D eigenvalue weighted by molar-refractivity contribution is -0.314. The van der Waals surface area contributed by atoms with E-state index in [0.29, 0.717) is 0 Å². The normalized spacial score (nSPS) is 45.9. The minimum Gasteiger partial charge on any atom is -0.394 e. The summed E-state index contributed by atoms with van der Waals surface area (Å²) in [7, 11) is 0. The van der Waals surface area contributed by atoms with Gasteiger partial charge >= 0.3 is 0 Å². The fourth-order valence-corrected chi connectivity index (χ4v) is 2.48. The number of hydrogen-bond donors (Lipinski definition) is 6. The Morgan fingerprint density at radius 3 is 2.43 bits per heavy atom. The molecule has 8 atom stereocenters. The third kappa shape index (κ3) is 3.60. The predicted molar refractivity (Wildman–Crippen MR) is 73.5 cm³/mol. The van der Waals surface area contributed by atoms with Crippen LogP contribution in [0.5, 0.6) is 0 Å². The van der Waals surface area contributed by atoms with E-state index in [4.69, 9.17) is 19.8 Å². The highest BCUT2D eigenvalue weighted by Crippen LogP contribution is 2.28. The van der Waals surface area contributed by atoms with E-state index in [1.165, 1.54) is 12.2 Å². The molecule has 23 heavy (non-hydrogen) atoms. The Bertz CT molecular complexity index is 513. The van der Waals surface area contributed by atoms with Crippen LogP contribution in [-0.4, -0.2) is 86.3 Å². The number of aliphatic hydroxyl groups is 6. The molecule has 0 aromatic carbocycles. The van der Waals surface area contributed by atoms with Crippen LogP contribution < -0.4 is 0 Å². The lowest BCUT2D eigenvalue weighted by Gasteiger charge is -2.42. The van der Waals surface area contributed by atoms with Crippen LogP contribution in [0.3, 0.4) is 0 Å². The largest absolute Gasteiger partial charge is 0.394 e. The molecule has 128 valence electrons. The topological polar surface area (TPSA) is 164 Å². The lowest BCUT2D eigenvalue weighted by Crippen LogP contribution is -2.60. The van der Waals surface area contributed by atoms with Crippen molar-refractivity contribution >= 4 is 0 Å². The molecule has 0 aromatic heterocycles. The lowest BCUT2D eigenvalue weighted by atomic mass is 9.93. The van der Waals surface area contributed by atoms with Gasteiger partial charge in [0.2, 0.25) is 0 Å². The van der Waals surface area contributed by atoms with Crippen LogP contribution >= 0.6 is 0 Å². The van der Waals surface area contributed by atoms with Crippen molar-refractivity contribution < 1.29 is 40.1 Å². The number of rotatable bonds is 3. The van der Waals surface area contributed by atoms with Crippen molar-refractivity contribution in [2.75, 3.05) is 6.61 Å². The van der Waals surface area contributed by atoms with Crippen LogP contribution in [0.25, 0.3) is 0 Å².